The monoisotopic (exact) mass is 292 g/mol. The first-order valence-electron chi connectivity index (χ1n) is 6.76. The maximum atomic E-state index is 6.08. The van der Waals surface area contributed by atoms with E-state index in [9.17, 15) is 0 Å². The maximum absolute atomic E-state index is 6.08. The molecule has 0 radical (unpaired) electrons. The number of hydrogen-bond donors (Lipinski definition) is 1. The van der Waals surface area contributed by atoms with Gasteiger partial charge in [-0.2, -0.15) is 5.10 Å². The minimum absolute atomic E-state index is 0.257. The van der Waals surface area contributed by atoms with Crippen molar-refractivity contribution in [3.05, 3.63) is 35.9 Å². The highest BCUT2D eigenvalue weighted by atomic mass is 35.5. The number of halogens is 1. The van der Waals surface area contributed by atoms with Gasteiger partial charge in [-0.05, 0) is 38.0 Å². The fourth-order valence-corrected chi connectivity index (χ4v) is 2.61. The Morgan fingerprint density at radius 1 is 1.45 bits per heavy atom. The third kappa shape index (κ3) is 2.94. The predicted molar refractivity (Wildman–Crippen MR) is 78.4 cm³/mol. The van der Waals surface area contributed by atoms with Crippen LogP contribution in [0.15, 0.2) is 30.9 Å². The summed E-state index contributed by atoms with van der Waals surface area (Å²) >= 11 is 6.08. The van der Waals surface area contributed by atoms with E-state index in [0.717, 1.165) is 30.8 Å². The molecule has 1 N–H and O–H groups in total. The highest BCUT2D eigenvalue weighted by molar-refractivity contribution is 6.31. The first-order chi connectivity index (χ1) is 9.72. The molecule has 2 aromatic rings. The number of rotatable bonds is 4. The lowest BCUT2D eigenvalue weighted by molar-refractivity contribution is 0.0637. The summed E-state index contributed by atoms with van der Waals surface area (Å²) in [5, 5.41) is 8.26. The zero-order valence-electron chi connectivity index (χ0n) is 11.3. The van der Waals surface area contributed by atoms with Gasteiger partial charge in [0.25, 0.3) is 0 Å². The summed E-state index contributed by atoms with van der Waals surface area (Å²) in [5.74, 6) is 0. The van der Waals surface area contributed by atoms with E-state index in [2.05, 4.69) is 22.3 Å². The lowest BCUT2D eigenvalue weighted by Gasteiger charge is -2.16. The van der Waals surface area contributed by atoms with Crippen molar-refractivity contribution in [2.24, 2.45) is 0 Å². The van der Waals surface area contributed by atoms with E-state index in [0.29, 0.717) is 11.1 Å². The minimum Gasteiger partial charge on any atom is -0.381 e. The zero-order valence-corrected chi connectivity index (χ0v) is 12.0. The van der Waals surface area contributed by atoms with Crippen LogP contribution in [-0.2, 0) is 4.74 Å². The van der Waals surface area contributed by atoms with Gasteiger partial charge in [-0.3, -0.25) is 0 Å². The number of benzene rings is 1. The van der Waals surface area contributed by atoms with Gasteiger partial charge in [-0.15, -0.1) is 0 Å². The summed E-state index contributed by atoms with van der Waals surface area (Å²) in [6, 6.07) is 5.67. The van der Waals surface area contributed by atoms with Gasteiger partial charge in [0.15, 0.2) is 0 Å². The van der Waals surface area contributed by atoms with Gasteiger partial charge in [0, 0.05) is 11.6 Å². The SMILES string of the molecule is CC1CCC(CNc2cc(Cl)ccc2-n2cncn2)O1. The molecular formula is C14H17ClN4O. The van der Waals surface area contributed by atoms with Crippen molar-refractivity contribution in [1.29, 1.82) is 0 Å². The molecule has 0 saturated carbocycles. The molecule has 0 amide bonds. The summed E-state index contributed by atoms with van der Waals surface area (Å²) in [6.07, 6.45) is 6.01. The molecule has 2 heterocycles. The minimum atomic E-state index is 0.257. The van der Waals surface area contributed by atoms with Crippen molar-refractivity contribution in [1.82, 2.24) is 14.8 Å². The number of ether oxygens (including phenoxy) is 1. The molecule has 0 aliphatic carbocycles. The molecule has 0 bridgehead atoms. The lowest BCUT2D eigenvalue weighted by atomic mass is 10.2. The fourth-order valence-electron chi connectivity index (χ4n) is 2.44. The van der Waals surface area contributed by atoms with Crippen LogP contribution in [0.5, 0.6) is 0 Å². The molecule has 1 aliphatic heterocycles. The highest BCUT2D eigenvalue weighted by Crippen LogP contribution is 2.25. The molecule has 2 unspecified atom stereocenters. The van der Waals surface area contributed by atoms with Gasteiger partial charge < -0.3 is 10.1 Å². The molecule has 6 heteroatoms. The van der Waals surface area contributed by atoms with E-state index in [1.165, 1.54) is 6.33 Å². The van der Waals surface area contributed by atoms with Crippen LogP contribution < -0.4 is 5.32 Å². The molecule has 2 atom stereocenters. The summed E-state index contributed by atoms with van der Waals surface area (Å²) in [5.41, 5.74) is 1.86. The highest BCUT2D eigenvalue weighted by Gasteiger charge is 2.21. The second-order valence-electron chi connectivity index (χ2n) is 5.03. The van der Waals surface area contributed by atoms with Gasteiger partial charge >= 0.3 is 0 Å². The van der Waals surface area contributed by atoms with Crippen LogP contribution in [0.1, 0.15) is 19.8 Å². The van der Waals surface area contributed by atoms with Gasteiger partial charge in [0.2, 0.25) is 0 Å². The molecule has 0 spiro atoms. The standard InChI is InChI=1S/C14H17ClN4O/c1-10-2-4-12(20-10)7-17-13-6-11(15)3-5-14(13)19-9-16-8-18-19/h3,5-6,8-10,12,17H,2,4,7H2,1H3. The number of nitrogens with one attached hydrogen (secondary N) is 1. The predicted octanol–water partition coefficient (Wildman–Crippen LogP) is 2.90. The lowest BCUT2D eigenvalue weighted by Crippen LogP contribution is -2.20. The number of hydrogen-bond acceptors (Lipinski definition) is 4. The third-order valence-electron chi connectivity index (χ3n) is 3.46. The molecule has 1 aliphatic rings. The number of anilines is 1. The molecule has 20 heavy (non-hydrogen) atoms. The fraction of sp³-hybridized carbons (Fsp3) is 0.429. The van der Waals surface area contributed by atoms with Gasteiger partial charge in [0.05, 0.1) is 23.6 Å². The van der Waals surface area contributed by atoms with E-state index in [1.54, 1.807) is 11.0 Å². The molecule has 1 aromatic heterocycles. The van der Waals surface area contributed by atoms with Crippen molar-refractivity contribution in [2.45, 2.75) is 32.0 Å². The van der Waals surface area contributed by atoms with Crippen LogP contribution in [-0.4, -0.2) is 33.5 Å². The normalized spacial score (nSPS) is 22.1. The van der Waals surface area contributed by atoms with Crippen LogP contribution in [0.3, 0.4) is 0 Å². The van der Waals surface area contributed by atoms with E-state index in [1.807, 2.05) is 18.2 Å². The largest absolute Gasteiger partial charge is 0.381 e. The van der Waals surface area contributed by atoms with Crippen LogP contribution in [0.4, 0.5) is 5.69 Å². The number of aromatic nitrogens is 3. The summed E-state index contributed by atoms with van der Waals surface area (Å²) in [6.45, 7) is 2.88. The van der Waals surface area contributed by atoms with E-state index in [4.69, 9.17) is 16.3 Å². The van der Waals surface area contributed by atoms with Gasteiger partial charge in [-0.25, -0.2) is 9.67 Å². The second-order valence-corrected chi connectivity index (χ2v) is 5.46. The van der Waals surface area contributed by atoms with E-state index >= 15 is 0 Å². The Morgan fingerprint density at radius 3 is 3.05 bits per heavy atom. The van der Waals surface area contributed by atoms with Gasteiger partial charge in [-0.1, -0.05) is 11.6 Å². The molecule has 3 rings (SSSR count). The molecule has 5 nitrogen and oxygen atoms in total. The van der Waals surface area contributed by atoms with Crippen LogP contribution in [0.25, 0.3) is 5.69 Å². The average molecular weight is 293 g/mol. The van der Waals surface area contributed by atoms with Crippen molar-refractivity contribution in [3.63, 3.8) is 0 Å². The maximum Gasteiger partial charge on any atom is 0.138 e. The Balaban J connectivity index is 1.76. The summed E-state index contributed by atoms with van der Waals surface area (Å²) < 4.78 is 7.53. The molecule has 1 aromatic carbocycles. The van der Waals surface area contributed by atoms with Crippen molar-refractivity contribution >= 4 is 17.3 Å². The van der Waals surface area contributed by atoms with Crippen LogP contribution >= 0.6 is 11.6 Å². The molecular weight excluding hydrogens is 276 g/mol. The summed E-state index contributed by atoms with van der Waals surface area (Å²) in [7, 11) is 0. The van der Waals surface area contributed by atoms with Crippen LogP contribution in [0, 0.1) is 0 Å². The van der Waals surface area contributed by atoms with E-state index in [-0.39, 0.29) is 6.10 Å². The first kappa shape index (κ1) is 13.4. The molecule has 1 saturated heterocycles. The Kier molecular flexibility index (Phi) is 3.89. The van der Waals surface area contributed by atoms with Crippen molar-refractivity contribution < 1.29 is 4.74 Å². The van der Waals surface area contributed by atoms with Crippen molar-refractivity contribution in [2.75, 3.05) is 11.9 Å². The van der Waals surface area contributed by atoms with Gasteiger partial charge in [0.1, 0.15) is 12.7 Å². The topological polar surface area (TPSA) is 52.0 Å². The third-order valence-corrected chi connectivity index (χ3v) is 3.70. The smallest absolute Gasteiger partial charge is 0.138 e. The Labute approximate surface area is 122 Å². The molecule has 106 valence electrons. The first-order valence-corrected chi connectivity index (χ1v) is 7.14. The summed E-state index contributed by atoms with van der Waals surface area (Å²) in [4.78, 5) is 3.98. The van der Waals surface area contributed by atoms with Crippen LogP contribution in [0.2, 0.25) is 5.02 Å². The quantitative estimate of drug-likeness (QED) is 0.941. The molecule has 1 fully saturated rings. The zero-order chi connectivity index (χ0) is 13.9. The van der Waals surface area contributed by atoms with Crippen molar-refractivity contribution in [3.8, 4) is 5.69 Å². The Bertz CT molecular complexity index is 573. The second kappa shape index (κ2) is 5.81. The van der Waals surface area contributed by atoms with E-state index < -0.39 is 0 Å². The Morgan fingerprint density at radius 2 is 2.35 bits per heavy atom. The average Bonchev–Trinajstić information content (AvgIpc) is 3.08. The Hall–Kier alpha value is -1.59. The number of nitrogens with zero attached hydrogens (tertiary/aromatic N) is 3.